The molecule has 0 spiro atoms. The van der Waals surface area contributed by atoms with Crippen LogP contribution >= 0.6 is 23.5 Å². The quantitative estimate of drug-likeness (QED) is 0.0927. The molecule has 0 aliphatic heterocycles. The number of oxime groups is 2. The summed E-state index contributed by atoms with van der Waals surface area (Å²) in [6, 6.07) is 10.7. The number of hydrogen-bond acceptors (Lipinski definition) is 17. The van der Waals surface area contributed by atoms with Gasteiger partial charge < -0.3 is 23.7 Å². The number of esters is 2. The van der Waals surface area contributed by atoms with Gasteiger partial charge in [-0.05, 0) is 48.5 Å². The summed E-state index contributed by atoms with van der Waals surface area (Å²) < 4.78 is 83.4. The first-order valence-electron chi connectivity index (χ1n) is 11.8. The molecule has 0 bridgehead atoms. The summed E-state index contributed by atoms with van der Waals surface area (Å²) in [5.74, 6) is -0.682. The number of ether oxygens (including phenoxy) is 5. The van der Waals surface area contributed by atoms with Crippen LogP contribution in [0, 0.1) is 0 Å². The van der Waals surface area contributed by atoms with Crippen molar-refractivity contribution in [3.05, 3.63) is 48.5 Å². The van der Waals surface area contributed by atoms with E-state index in [4.69, 9.17) is 14.2 Å². The number of benzene rings is 2. The van der Waals surface area contributed by atoms with E-state index in [0.717, 1.165) is 37.7 Å². The highest BCUT2D eigenvalue weighted by molar-refractivity contribution is 8.16. The molecule has 236 valence electrons. The van der Waals surface area contributed by atoms with Gasteiger partial charge in [-0.2, -0.15) is 16.8 Å². The molecule has 0 aliphatic carbocycles. The second-order valence-corrected chi connectivity index (χ2v) is 12.7. The SMILES string of the molecule is COC(=O)C(=NOS(=O)(=O)c1ccc(OC)cc1)SCCOCCSC(=NOS(=O)(=O)c1ccc(OC)cc1)C(=O)OC. The normalized spacial score (nSPS) is 12.3. The molecule has 0 N–H and O–H groups in total. The molecular weight excluding hydrogens is 653 g/mol. The van der Waals surface area contributed by atoms with Crippen LogP contribution in [0.1, 0.15) is 0 Å². The van der Waals surface area contributed by atoms with Crippen molar-refractivity contribution in [1.82, 2.24) is 0 Å². The minimum Gasteiger partial charge on any atom is -0.497 e. The van der Waals surface area contributed by atoms with Crippen LogP contribution in [-0.2, 0) is 52.6 Å². The van der Waals surface area contributed by atoms with Crippen LogP contribution in [0.2, 0.25) is 0 Å². The Morgan fingerprint density at radius 3 is 1.28 bits per heavy atom. The Morgan fingerprint density at radius 1 is 0.628 bits per heavy atom. The van der Waals surface area contributed by atoms with E-state index >= 15 is 0 Å². The first-order chi connectivity index (χ1) is 20.5. The van der Waals surface area contributed by atoms with Gasteiger partial charge in [-0.1, -0.05) is 33.8 Å². The van der Waals surface area contributed by atoms with Crippen molar-refractivity contribution < 1.29 is 58.7 Å². The highest BCUT2D eigenvalue weighted by atomic mass is 32.2. The van der Waals surface area contributed by atoms with Crippen LogP contribution in [0.4, 0.5) is 0 Å². The third kappa shape index (κ3) is 11.6. The number of rotatable bonds is 14. The highest BCUT2D eigenvalue weighted by Gasteiger charge is 2.21. The largest absolute Gasteiger partial charge is 0.497 e. The Kier molecular flexibility index (Phi) is 14.6. The molecule has 0 aromatic heterocycles. The lowest BCUT2D eigenvalue weighted by Crippen LogP contribution is -2.17. The van der Waals surface area contributed by atoms with Crippen molar-refractivity contribution in [1.29, 1.82) is 0 Å². The van der Waals surface area contributed by atoms with Crippen LogP contribution in [0.5, 0.6) is 11.5 Å². The molecule has 0 heterocycles. The fraction of sp³-hybridized carbons (Fsp3) is 0.333. The minimum absolute atomic E-state index is 0.0690. The van der Waals surface area contributed by atoms with Gasteiger partial charge in [-0.15, -0.1) is 0 Å². The van der Waals surface area contributed by atoms with E-state index in [1.807, 2.05) is 0 Å². The van der Waals surface area contributed by atoms with E-state index in [9.17, 15) is 26.4 Å². The van der Waals surface area contributed by atoms with Crippen molar-refractivity contribution >= 4 is 65.8 Å². The van der Waals surface area contributed by atoms with Crippen LogP contribution in [-0.4, -0.2) is 92.0 Å². The Morgan fingerprint density at radius 2 is 0.977 bits per heavy atom. The Hall–Kier alpha value is -3.52. The summed E-state index contributed by atoms with van der Waals surface area (Å²) in [7, 11) is -3.59. The van der Waals surface area contributed by atoms with Crippen molar-refractivity contribution in [3.63, 3.8) is 0 Å². The third-order valence-electron chi connectivity index (χ3n) is 4.79. The van der Waals surface area contributed by atoms with E-state index < -0.39 is 32.2 Å². The molecule has 0 saturated heterocycles. The lowest BCUT2D eigenvalue weighted by atomic mass is 10.3. The maximum Gasteiger partial charge on any atom is 0.366 e. The number of carbonyl (C=O) groups excluding carboxylic acids is 2. The predicted octanol–water partition coefficient (Wildman–Crippen LogP) is 2.27. The molecule has 2 aromatic rings. The maximum absolute atomic E-state index is 12.4. The van der Waals surface area contributed by atoms with E-state index in [1.54, 1.807) is 0 Å². The van der Waals surface area contributed by atoms with Gasteiger partial charge >= 0.3 is 32.2 Å². The topological polar surface area (TPSA) is 192 Å². The van der Waals surface area contributed by atoms with Crippen molar-refractivity contribution in [3.8, 4) is 11.5 Å². The van der Waals surface area contributed by atoms with E-state index in [2.05, 4.69) is 28.4 Å². The molecular formula is C24H28N2O13S4. The van der Waals surface area contributed by atoms with Gasteiger partial charge in [-0.3, -0.25) is 8.57 Å². The zero-order valence-electron chi connectivity index (χ0n) is 23.3. The predicted molar refractivity (Wildman–Crippen MR) is 157 cm³/mol. The van der Waals surface area contributed by atoms with Crippen molar-refractivity contribution in [2.24, 2.45) is 10.3 Å². The van der Waals surface area contributed by atoms with E-state index in [1.165, 1.54) is 62.8 Å². The molecule has 2 rings (SSSR count). The zero-order valence-corrected chi connectivity index (χ0v) is 26.5. The number of carbonyl (C=O) groups is 2. The summed E-state index contributed by atoms with van der Waals surface area (Å²) in [5.41, 5.74) is 0. The van der Waals surface area contributed by atoms with Crippen LogP contribution in [0.3, 0.4) is 0 Å². The second-order valence-electron chi connectivity index (χ2n) is 7.49. The molecule has 0 unspecified atom stereocenters. The molecule has 0 atom stereocenters. The van der Waals surface area contributed by atoms with Gasteiger partial charge in [0.2, 0.25) is 10.1 Å². The molecule has 19 heteroatoms. The van der Waals surface area contributed by atoms with Crippen LogP contribution in [0.15, 0.2) is 68.6 Å². The molecule has 15 nitrogen and oxygen atoms in total. The summed E-state index contributed by atoms with van der Waals surface area (Å²) in [4.78, 5) is 23.6. The van der Waals surface area contributed by atoms with Gasteiger partial charge in [0.1, 0.15) is 21.3 Å². The van der Waals surface area contributed by atoms with Crippen molar-refractivity contribution in [2.75, 3.05) is 53.2 Å². The first-order valence-corrected chi connectivity index (χ1v) is 16.6. The lowest BCUT2D eigenvalue weighted by Gasteiger charge is -2.07. The van der Waals surface area contributed by atoms with Gasteiger partial charge in [-0.25, -0.2) is 9.59 Å². The van der Waals surface area contributed by atoms with Gasteiger partial charge in [0.25, 0.3) is 0 Å². The monoisotopic (exact) mass is 680 g/mol. The molecule has 2 aromatic carbocycles. The summed E-state index contributed by atoms with van der Waals surface area (Å²) in [5, 5.41) is 6.13. The summed E-state index contributed by atoms with van der Waals surface area (Å²) in [6.07, 6.45) is 0. The Balaban J connectivity index is 1.87. The lowest BCUT2D eigenvalue weighted by molar-refractivity contribution is -0.133. The number of nitrogens with zero attached hydrogens (tertiary/aromatic N) is 2. The van der Waals surface area contributed by atoms with Crippen LogP contribution in [0.25, 0.3) is 0 Å². The fourth-order valence-corrected chi connectivity index (χ4v) is 5.58. The maximum atomic E-state index is 12.4. The van der Waals surface area contributed by atoms with Gasteiger partial charge in [0, 0.05) is 11.5 Å². The average Bonchev–Trinajstić information content (AvgIpc) is 3.02. The van der Waals surface area contributed by atoms with Gasteiger partial charge in [0.15, 0.2) is 0 Å². The first kappa shape index (κ1) is 35.7. The Labute approximate surface area is 257 Å². The standard InChI is InChI=1S/C24H28N2O13S4/c1-33-17-5-9-19(10-6-17)42(29,30)38-25-21(23(27)35-3)40-15-13-37-14-16-41-22(24(28)36-4)26-39-43(31,32)20-11-7-18(34-2)8-12-20/h5-12H,13-16H2,1-4H3. The number of thioether (sulfide) groups is 2. The molecule has 0 radical (unpaired) electrons. The number of hydrogen-bond donors (Lipinski definition) is 0. The molecule has 43 heavy (non-hydrogen) atoms. The van der Waals surface area contributed by atoms with Crippen molar-refractivity contribution in [2.45, 2.75) is 9.79 Å². The minimum atomic E-state index is -4.32. The second kappa shape index (κ2) is 17.6. The summed E-state index contributed by atoms with van der Waals surface area (Å²) in [6.45, 7) is 0.138. The zero-order chi connectivity index (χ0) is 31.9. The Bertz CT molecular complexity index is 1380. The molecule has 0 fully saturated rings. The third-order valence-corrected chi connectivity index (χ3v) is 8.80. The van der Waals surface area contributed by atoms with E-state index in [-0.39, 0.29) is 44.6 Å². The van der Waals surface area contributed by atoms with Crippen LogP contribution < -0.4 is 9.47 Å². The molecule has 0 aliphatic rings. The van der Waals surface area contributed by atoms with E-state index in [0.29, 0.717) is 11.5 Å². The molecule has 0 amide bonds. The fourth-order valence-electron chi connectivity index (χ4n) is 2.65. The van der Waals surface area contributed by atoms with Gasteiger partial charge in [0.05, 0.1) is 41.7 Å². The highest BCUT2D eigenvalue weighted by Crippen LogP contribution is 2.20. The molecule has 0 saturated carbocycles. The summed E-state index contributed by atoms with van der Waals surface area (Å²) >= 11 is 1.64. The smallest absolute Gasteiger partial charge is 0.366 e. The average molecular weight is 681 g/mol. The number of methoxy groups -OCH3 is 4.